The molecule has 0 bridgehead atoms. The fourth-order valence-electron chi connectivity index (χ4n) is 2.52. The monoisotopic (exact) mass is 382 g/mol. The van der Waals surface area contributed by atoms with Gasteiger partial charge < -0.3 is 15.2 Å². The molecule has 8 heteroatoms. The summed E-state index contributed by atoms with van der Waals surface area (Å²) in [5.41, 5.74) is 2.28. The average molecular weight is 382 g/mol. The molecule has 1 amide bonds. The Morgan fingerprint density at radius 2 is 1.82 bits per heavy atom. The van der Waals surface area contributed by atoms with E-state index < -0.39 is 0 Å². The molecular weight excluding hydrogens is 360 g/mol. The molecule has 0 radical (unpaired) electrons. The summed E-state index contributed by atoms with van der Waals surface area (Å²) >= 11 is 0. The van der Waals surface area contributed by atoms with Gasteiger partial charge in [-0.1, -0.05) is 26.0 Å². The van der Waals surface area contributed by atoms with Crippen molar-refractivity contribution in [2.45, 2.75) is 26.7 Å². The Bertz CT molecular complexity index is 964. The smallest absolute Gasteiger partial charge is 0.308 e. The molecule has 28 heavy (non-hydrogen) atoms. The van der Waals surface area contributed by atoms with Gasteiger partial charge in [-0.3, -0.25) is 9.59 Å². The maximum atomic E-state index is 12.1. The molecule has 0 atom stereocenters. The van der Waals surface area contributed by atoms with Gasteiger partial charge in [0.1, 0.15) is 22.5 Å². The van der Waals surface area contributed by atoms with Crippen LogP contribution in [0, 0.1) is 5.92 Å². The van der Waals surface area contributed by atoms with Crippen LogP contribution in [0.15, 0.2) is 42.5 Å². The van der Waals surface area contributed by atoms with Gasteiger partial charge in [-0.15, -0.1) is 15.0 Å². The summed E-state index contributed by atoms with van der Waals surface area (Å²) in [6.45, 7) is 3.72. The zero-order valence-electron chi connectivity index (χ0n) is 15.8. The van der Waals surface area contributed by atoms with Gasteiger partial charge in [0.05, 0.1) is 12.5 Å². The Morgan fingerprint density at radius 3 is 2.46 bits per heavy atom. The van der Waals surface area contributed by atoms with Crippen LogP contribution in [0.3, 0.4) is 0 Å². The number of carbonyl (C=O) groups is 2. The molecule has 1 aromatic heterocycles. The van der Waals surface area contributed by atoms with Crippen molar-refractivity contribution in [1.29, 1.82) is 0 Å². The van der Waals surface area contributed by atoms with Crippen molar-refractivity contribution in [3.05, 3.63) is 42.5 Å². The molecule has 0 fully saturated rings. The van der Waals surface area contributed by atoms with E-state index in [2.05, 4.69) is 15.5 Å². The Balaban J connectivity index is 1.63. The number of ether oxygens (including phenoxy) is 1. The number of nitrogens with one attached hydrogen (secondary N) is 1. The van der Waals surface area contributed by atoms with Crippen LogP contribution in [-0.4, -0.2) is 38.6 Å². The quantitative estimate of drug-likeness (QED) is 0.370. The fraction of sp³-hybridized carbons (Fsp3) is 0.300. The van der Waals surface area contributed by atoms with Crippen molar-refractivity contribution in [1.82, 2.24) is 15.0 Å². The molecule has 2 N–H and O–H groups in total. The fourth-order valence-corrected chi connectivity index (χ4v) is 2.52. The van der Waals surface area contributed by atoms with E-state index in [0.29, 0.717) is 28.8 Å². The third kappa shape index (κ3) is 4.64. The molecule has 2 aromatic carbocycles. The number of benzene rings is 2. The molecule has 3 rings (SSSR count). The number of hydrogen-bond donors (Lipinski definition) is 2. The summed E-state index contributed by atoms with van der Waals surface area (Å²) in [7, 11) is 0. The lowest BCUT2D eigenvalue weighted by Crippen LogP contribution is -2.15. The van der Waals surface area contributed by atoms with Gasteiger partial charge in [0.25, 0.3) is 0 Å². The van der Waals surface area contributed by atoms with E-state index in [0.717, 1.165) is 0 Å². The Kier molecular flexibility index (Phi) is 5.88. The number of rotatable bonds is 7. The number of fused-ring (bicyclic) bond motifs is 1. The molecule has 0 aliphatic rings. The Hall–Kier alpha value is -3.42. The Morgan fingerprint density at radius 1 is 1.14 bits per heavy atom. The van der Waals surface area contributed by atoms with Crippen molar-refractivity contribution in [2.24, 2.45) is 5.92 Å². The highest BCUT2D eigenvalue weighted by Gasteiger charge is 2.12. The normalized spacial score (nSPS) is 11.0. The highest BCUT2D eigenvalue weighted by Crippen LogP contribution is 2.25. The number of carbonyl (C=O) groups excluding carboxylic acids is 2. The lowest BCUT2D eigenvalue weighted by molar-refractivity contribution is -0.147. The highest BCUT2D eigenvalue weighted by molar-refractivity contribution is 5.91. The SMILES string of the molecule is CC(C)C(=O)OCCCC(=O)Nc1ccc(O)c(-n2nc3ccccc3n2)c1. The third-order valence-corrected chi connectivity index (χ3v) is 4.03. The van der Waals surface area contributed by atoms with E-state index in [4.69, 9.17) is 4.74 Å². The van der Waals surface area contributed by atoms with E-state index in [1.165, 1.54) is 10.9 Å². The molecule has 0 aliphatic carbocycles. The first-order valence-electron chi connectivity index (χ1n) is 9.06. The second-order valence-corrected chi connectivity index (χ2v) is 6.66. The van der Waals surface area contributed by atoms with Crippen molar-refractivity contribution in [3.63, 3.8) is 0 Å². The molecule has 3 aromatic rings. The zero-order chi connectivity index (χ0) is 20.1. The molecule has 8 nitrogen and oxygen atoms in total. The van der Waals surface area contributed by atoms with Crippen molar-refractivity contribution in [3.8, 4) is 11.4 Å². The van der Waals surface area contributed by atoms with Crippen molar-refractivity contribution < 1.29 is 19.4 Å². The zero-order valence-corrected chi connectivity index (χ0v) is 15.8. The number of nitrogens with zero attached hydrogens (tertiary/aromatic N) is 3. The minimum absolute atomic E-state index is 0.00102. The molecule has 0 saturated heterocycles. The van der Waals surface area contributed by atoms with Crippen LogP contribution in [0.2, 0.25) is 0 Å². The molecule has 0 saturated carbocycles. The maximum Gasteiger partial charge on any atom is 0.308 e. The van der Waals surface area contributed by atoms with Crippen LogP contribution in [0.1, 0.15) is 26.7 Å². The Labute approximate surface area is 162 Å². The highest BCUT2D eigenvalue weighted by atomic mass is 16.5. The lowest BCUT2D eigenvalue weighted by atomic mass is 10.2. The number of aromatic hydroxyl groups is 1. The summed E-state index contributed by atoms with van der Waals surface area (Å²) in [6, 6.07) is 12.0. The van der Waals surface area contributed by atoms with E-state index in [-0.39, 0.29) is 36.6 Å². The summed E-state index contributed by atoms with van der Waals surface area (Å²) in [6.07, 6.45) is 0.646. The van der Waals surface area contributed by atoms with Crippen LogP contribution in [0.25, 0.3) is 16.7 Å². The van der Waals surface area contributed by atoms with Crippen LogP contribution in [0.5, 0.6) is 5.75 Å². The summed E-state index contributed by atoms with van der Waals surface area (Å²) in [5.74, 6) is -0.672. The van der Waals surface area contributed by atoms with Gasteiger partial charge in [0.15, 0.2) is 0 Å². The summed E-state index contributed by atoms with van der Waals surface area (Å²) in [4.78, 5) is 24.8. The first kappa shape index (κ1) is 19.3. The predicted octanol–water partition coefficient (Wildman–Crippen LogP) is 3.04. The first-order valence-corrected chi connectivity index (χ1v) is 9.06. The topological polar surface area (TPSA) is 106 Å². The maximum absolute atomic E-state index is 12.1. The number of amides is 1. The minimum atomic E-state index is -0.275. The number of anilines is 1. The van der Waals surface area contributed by atoms with Crippen LogP contribution >= 0.6 is 0 Å². The van der Waals surface area contributed by atoms with E-state index in [1.54, 1.807) is 26.0 Å². The third-order valence-electron chi connectivity index (χ3n) is 4.03. The molecule has 0 spiro atoms. The predicted molar refractivity (Wildman–Crippen MR) is 104 cm³/mol. The van der Waals surface area contributed by atoms with Gasteiger partial charge >= 0.3 is 5.97 Å². The second-order valence-electron chi connectivity index (χ2n) is 6.66. The van der Waals surface area contributed by atoms with Crippen LogP contribution < -0.4 is 5.32 Å². The van der Waals surface area contributed by atoms with Crippen LogP contribution in [-0.2, 0) is 14.3 Å². The van der Waals surface area contributed by atoms with Gasteiger partial charge in [-0.25, -0.2) is 0 Å². The largest absolute Gasteiger partial charge is 0.506 e. The number of phenols is 1. The minimum Gasteiger partial charge on any atom is -0.506 e. The average Bonchev–Trinajstić information content (AvgIpc) is 3.10. The van der Waals surface area contributed by atoms with Crippen molar-refractivity contribution in [2.75, 3.05) is 11.9 Å². The number of aromatic nitrogens is 3. The van der Waals surface area contributed by atoms with E-state index in [1.807, 2.05) is 24.3 Å². The first-order chi connectivity index (χ1) is 13.4. The molecule has 0 aliphatic heterocycles. The van der Waals surface area contributed by atoms with Gasteiger partial charge in [0.2, 0.25) is 5.91 Å². The molecule has 0 unspecified atom stereocenters. The summed E-state index contributed by atoms with van der Waals surface area (Å²) in [5, 5.41) is 21.6. The van der Waals surface area contributed by atoms with Crippen LogP contribution in [0.4, 0.5) is 5.69 Å². The molecular formula is C20H22N4O4. The number of esters is 1. The van der Waals surface area contributed by atoms with Crippen molar-refractivity contribution >= 4 is 28.6 Å². The molecule has 1 heterocycles. The number of hydrogen-bond acceptors (Lipinski definition) is 6. The van der Waals surface area contributed by atoms with Gasteiger partial charge in [-0.05, 0) is 36.8 Å². The summed E-state index contributed by atoms with van der Waals surface area (Å²) < 4.78 is 5.05. The second kappa shape index (κ2) is 8.51. The van der Waals surface area contributed by atoms with Gasteiger partial charge in [0, 0.05) is 12.1 Å². The standard InChI is InChI=1S/C20H22N4O4/c1-13(2)20(27)28-11-5-8-19(26)21-14-9-10-18(25)17(12-14)24-22-15-6-3-4-7-16(15)23-24/h3-4,6-7,9-10,12-13,25H,5,8,11H2,1-2H3,(H,21,26). The van der Waals surface area contributed by atoms with E-state index in [9.17, 15) is 14.7 Å². The van der Waals surface area contributed by atoms with E-state index >= 15 is 0 Å². The molecule has 146 valence electrons. The number of phenolic OH excluding ortho intramolecular Hbond substituents is 1. The lowest BCUT2D eigenvalue weighted by Gasteiger charge is -2.09. The van der Waals surface area contributed by atoms with Gasteiger partial charge in [-0.2, -0.15) is 0 Å².